The molecule has 1 aromatic rings. The minimum absolute atomic E-state index is 0.346. The van der Waals surface area contributed by atoms with Crippen molar-refractivity contribution in [3.63, 3.8) is 0 Å². The van der Waals surface area contributed by atoms with E-state index in [0.29, 0.717) is 23.9 Å². The molecule has 3 heterocycles. The molecule has 3 fully saturated rings. The van der Waals surface area contributed by atoms with Crippen LogP contribution < -0.4 is 0 Å². The number of pyridine rings is 1. The van der Waals surface area contributed by atoms with Crippen molar-refractivity contribution in [2.24, 2.45) is 5.92 Å². The molecule has 1 amide bonds. The average molecular weight is 343 g/mol. The Labute approximate surface area is 150 Å². The highest BCUT2D eigenvalue weighted by molar-refractivity contribution is 5.81. The van der Waals surface area contributed by atoms with Gasteiger partial charge in [-0.2, -0.15) is 0 Å². The standard InChI is InChI=1S/C20H29N3O2/c24-20(17-3-4-17)22-10-5-18(6-11-22)23(19-7-12-25-13-8-19)15-16-2-1-9-21-14-16/h1-2,9,14,17-19H,3-8,10-13,15H2. The van der Waals surface area contributed by atoms with Gasteiger partial charge < -0.3 is 9.64 Å². The van der Waals surface area contributed by atoms with Crippen LogP contribution in [0.25, 0.3) is 0 Å². The second-order valence-electron chi connectivity index (χ2n) is 7.71. The third kappa shape index (κ3) is 4.21. The van der Waals surface area contributed by atoms with Crippen molar-refractivity contribution in [3.8, 4) is 0 Å². The minimum atomic E-state index is 0.346. The molecule has 0 atom stereocenters. The van der Waals surface area contributed by atoms with Gasteiger partial charge in [0, 0.05) is 63.2 Å². The molecule has 0 aromatic carbocycles. The first kappa shape index (κ1) is 17.0. The van der Waals surface area contributed by atoms with Gasteiger partial charge in [0.05, 0.1) is 0 Å². The van der Waals surface area contributed by atoms with Gasteiger partial charge in [0.15, 0.2) is 0 Å². The van der Waals surface area contributed by atoms with Crippen molar-refractivity contribution >= 4 is 5.91 Å². The predicted molar refractivity (Wildman–Crippen MR) is 95.9 cm³/mol. The number of amides is 1. The largest absolute Gasteiger partial charge is 0.381 e. The Balaban J connectivity index is 1.41. The number of likely N-dealkylation sites (tertiary alicyclic amines) is 1. The number of nitrogens with zero attached hydrogens (tertiary/aromatic N) is 3. The summed E-state index contributed by atoms with van der Waals surface area (Å²) in [6.45, 7) is 4.54. The lowest BCUT2D eigenvalue weighted by atomic mass is 9.97. The van der Waals surface area contributed by atoms with Crippen LogP contribution in [0, 0.1) is 5.92 Å². The number of hydrogen-bond acceptors (Lipinski definition) is 4. The molecular formula is C20H29N3O2. The maximum atomic E-state index is 12.3. The topological polar surface area (TPSA) is 45.7 Å². The van der Waals surface area contributed by atoms with Crippen molar-refractivity contribution in [2.45, 2.75) is 57.2 Å². The Morgan fingerprint density at radius 1 is 1.12 bits per heavy atom. The van der Waals surface area contributed by atoms with E-state index in [-0.39, 0.29) is 0 Å². The van der Waals surface area contributed by atoms with Crippen LogP contribution in [-0.4, -0.2) is 59.1 Å². The summed E-state index contributed by atoms with van der Waals surface area (Å²) >= 11 is 0. The molecule has 1 saturated carbocycles. The highest BCUT2D eigenvalue weighted by Crippen LogP contribution is 2.33. The van der Waals surface area contributed by atoms with E-state index in [1.165, 1.54) is 5.56 Å². The average Bonchev–Trinajstić information content (AvgIpc) is 3.53. The third-order valence-electron chi connectivity index (χ3n) is 5.92. The van der Waals surface area contributed by atoms with Crippen molar-refractivity contribution in [1.82, 2.24) is 14.8 Å². The summed E-state index contributed by atoms with van der Waals surface area (Å²) in [5.74, 6) is 0.752. The van der Waals surface area contributed by atoms with Gasteiger partial charge in [0.2, 0.25) is 5.91 Å². The number of hydrogen-bond donors (Lipinski definition) is 0. The zero-order chi connectivity index (χ0) is 17.1. The van der Waals surface area contributed by atoms with E-state index in [1.54, 1.807) is 0 Å². The van der Waals surface area contributed by atoms with Gasteiger partial charge in [0.1, 0.15) is 0 Å². The Morgan fingerprint density at radius 2 is 1.84 bits per heavy atom. The number of aromatic nitrogens is 1. The van der Waals surface area contributed by atoms with E-state index in [1.807, 2.05) is 18.5 Å². The fourth-order valence-electron chi connectivity index (χ4n) is 4.28. The van der Waals surface area contributed by atoms with E-state index in [2.05, 4.69) is 20.9 Å². The number of ether oxygens (including phenoxy) is 1. The molecule has 4 rings (SSSR count). The molecule has 2 aliphatic heterocycles. The molecule has 0 radical (unpaired) electrons. The summed E-state index contributed by atoms with van der Waals surface area (Å²) < 4.78 is 5.58. The third-order valence-corrected chi connectivity index (χ3v) is 5.92. The van der Waals surface area contributed by atoms with Crippen LogP contribution in [0.1, 0.15) is 44.1 Å². The van der Waals surface area contributed by atoms with E-state index < -0.39 is 0 Å². The van der Waals surface area contributed by atoms with Crippen LogP contribution in [-0.2, 0) is 16.1 Å². The van der Waals surface area contributed by atoms with Crippen molar-refractivity contribution in [2.75, 3.05) is 26.3 Å². The lowest BCUT2D eigenvalue weighted by molar-refractivity contribution is -0.134. The summed E-state index contributed by atoms with van der Waals surface area (Å²) in [6.07, 6.45) is 10.4. The number of rotatable bonds is 5. The van der Waals surface area contributed by atoms with Crippen LogP contribution in [0.2, 0.25) is 0 Å². The maximum absolute atomic E-state index is 12.3. The van der Waals surface area contributed by atoms with Crippen molar-refractivity contribution in [3.05, 3.63) is 30.1 Å². The zero-order valence-corrected chi connectivity index (χ0v) is 15.0. The molecule has 25 heavy (non-hydrogen) atoms. The molecule has 136 valence electrons. The van der Waals surface area contributed by atoms with Gasteiger partial charge in [-0.3, -0.25) is 14.7 Å². The molecular weight excluding hydrogens is 314 g/mol. The molecule has 2 saturated heterocycles. The van der Waals surface area contributed by atoms with E-state index in [9.17, 15) is 4.79 Å². The van der Waals surface area contributed by atoms with E-state index in [4.69, 9.17) is 4.74 Å². The lowest BCUT2D eigenvalue weighted by Crippen LogP contribution is -2.51. The monoisotopic (exact) mass is 343 g/mol. The smallest absolute Gasteiger partial charge is 0.225 e. The Morgan fingerprint density at radius 3 is 2.48 bits per heavy atom. The van der Waals surface area contributed by atoms with Crippen LogP contribution in [0.15, 0.2) is 24.5 Å². The summed E-state index contributed by atoms with van der Waals surface area (Å²) in [5.41, 5.74) is 1.28. The summed E-state index contributed by atoms with van der Waals surface area (Å²) in [6, 6.07) is 5.34. The fourth-order valence-corrected chi connectivity index (χ4v) is 4.28. The normalized spacial score (nSPS) is 23.2. The van der Waals surface area contributed by atoms with Gasteiger partial charge in [0.25, 0.3) is 0 Å². The Bertz CT molecular complexity index is 562. The second kappa shape index (κ2) is 7.83. The second-order valence-corrected chi connectivity index (χ2v) is 7.71. The number of carbonyl (C=O) groups is 1. The highest BCUT2D eigenvalue weighted by Gasteiger charge is 2.37. The summed E-state index contributed by atoms with van der Waals surface area (Å²) in [7, 11) is 0. The quantitative estimate of drug-likeness (QED) is 0.824. The molecule has 5 heteroatoms. The van der Waals surface area contributed by atoms with E-state index in [0.717, 1.165) is 71.4 Å². The predicted octanol–water partition coefficient (Wildman–Crippen LogP) is 2.46. The van der Waals surface area contributed by atoms with Crippen LogP contribution in [0.5, 0.6) is 0 Å². The van der Waals surface area contributed by atoms with Gasteiger partial charge in [-0.25, -0.2) is 0 Å². The summed E-state index contributed by atoms with van der Waals surface area (Å²) in [5, 5.41) is 0. The first-order valence-electron chi connectivity index (χ1n) is 9.82. The molecule has 0 spiro atoms. The maximum Gasteiger partial charge on any atom is 0.225 e. The summed E-state index contributed by atoms with van der Waals surface area (Å²) in [4.78, 5) is 21.4. The van der Waals surface area contributed by atoms with Crippen molar-refractivity contribution in [1.29, 1.82) is 0 Å². The molecule has 1 aromatic heterocycles. The van der Waals surface area contributed by atoms with Gasteiger partial charge in [-0.15, -0.1) is 0 Å². The Kier molecular flexibility index (Phi) is 5.32. The number of piperidine rings is 1. The van der Waals surface area contributed by atoms with Crippen LogP contribution >= 0.6 is 0 Å². The first-order chi connectivity index (χ1) is 12.3. The van der Waals surface area contributed by atoms with Crippen LogP contribution in [0.4, 0.5) is 0 Å². The SMILES string of the molecule is O=C(C1CC1)N1CCC(N(Cc2cccnc2)C2CCOCC2)CC1. The highest BCUT2D eigenvalue weighted by atomic mass is 16.5. The first-order valence-corrected chi connectivity index (χ1v) is 9.82. The molecule has 0 bridgehead atoms. The van der Waals surface area contributed by atoms with Gasteiger partial charge >= 0.3 is 0 Å². The minimum Gasteiger partial charge on any atom is -0.381 e. The molecule has 5 nitrogen and oxygen atoms in total. The van der Waals surface area contributed by atoms with Crippen molar-refractivity contribution < 1.29 is 9.53 Å². The van der Waals surface area contributed by atoms with Crippen LogP contribution in [0.3, 0.4) is 0 Å². The molecule has 0 unspecified atom stereocenters. The zero-order valence-electron chi connectivity index (χ0n) is 15.0. The van der Waals surface area contributed by atoms with Gasteiger partial charge in [-0.1, -0.05) is 6.07 Å². The lowest BCUT2D eigenvalue weighted by Gasteiger charge is -2.43. The molecule has 3 aliphatic rings. The fraction of sp³-hybridized carbons (Fsp3) is 0.700. The molecule has 1 aliphatic carbocycles. The Hall–Kier alpha value is -1.46. The van der Waals surface area contributed by atoms with E-state index >= 15 is 0 Å². The van der Waals surface area contributed by atoms with Gasteiger partial charge in [-0.05, 0) is 50.2 Å². The molecule has 0 N–H and O–H groups in total. The number of carbonyl (C=O) groups excluding carboxylic acids is 1.